The van der Waals surface area contributed by atoms with Crippen LogP contribution in [0.2, 0.25) is 0 Å². The van der Waals surface area contributed by atoms with Crippen LogP contribution in [0.3, 0.4) is 0 Å². The molecule has 6 nitrogen and oxygen atoms in total. The smallest absolute Gasteiger partial charge is 0.191 e. The third-order valence-electron chi connectivity index (χ3n) is 3.96. The van der Waals surface area contributed by atoms with E-state index in [1.165, 1.54) is 5.56 Å². The molecule has 0 fully saturated rings. The maximum atomic E-state index is 5.45. The Morgan fingerprint density at radius 3 is 2.60 bits per heavy atom. The third kappa shape index (κ3) is 8.23. The van der Waals surface area contributed by atoms with Gasteiger partial charge in [-0.05, 0) is 24.1 Å². The quantitative estimate of drug-likeness (QED) is 0.363. The molecule has 0 unspecified atom stereocenters. The Hall–Kier alpha value is -1.79. The van der Waals surface area contributed by atoms with E-state index < -0.39 is 0 Å². The van der Waals surface area contributed by atoms with Crippen molar-refractivity contribution in [2.75, 3.05) is 54.2 Å². The third-order valence-corrected chi connectivity index (χ3v) is 3.96. The predicted molar refractivity (Wildman–Crippen MR) is 103 cm³/mol. The van der Waals surface area contributed by atoms with Crippen LogP contribution in [0.25, 0.3) is 0 Å². The van der Waals surface area contributed by atoms with E-state index in [2.05, 4.69) is 41.6 Å². The second-order valence-corrected chi connectivity index (χ2v) is 6.43. The first-order valence-corrected chi connectivity index (χ1v) is 8.69. The lowest BCUT2D eigenvalue weighted by atomic mass is 9.84. The predicted octanol–water partition coefficient (Wildman–Crippen LogP) is 2.19. The number of nitrogens with one attached hydrogen (secondary N) is 2. The standard InChI is InChI=1S/C19H33N3O3/c1-19(2,16-8-6-9-17(14-16)24-5)15-22-18(20-3)21-10-7-11-25-13-12-23-4/h6,8-9,14H,7,10-13,15H2,1-5H3,(H2,20,21,22). The van der Waals surface area contributed by atoms with Gasteiger partial charge in [-0.25, -0.2) is 0 Å². The minimum atomic E-state index is -0.0462. The first kappa shape index (κ1) is 21.3. The molecule has 1 aromatic rings. The molecule has 0 saturated heterocycles. The number of guanidine groups is 1. The van der Waals surface area contributed by atoms with Crippen LogP contribution >= 0.6 is 0 Å². The second-order valence-electron chi connectivity index (χ2n) is 6.43. The van der Waals surface area contributed by atoms with Gasteiger partial charge in [0.2, 0.25) is 0 Å². The largest absolute Gasteiger partial charge is 0.497 e. The van der Waals surface area contributed by atoms with Crippen LogP contribution in [0.1, 0.15) is 25.8 Å². The van der Waals surface area contributed by atoms with Crippen molar-refractivity contribution in [2.24, 2.45) is 4.99 Å². The number of aliphatic imine (C=N–C) groups is 1. The van der Waals surface area contributed by atoms with Crippen molar-refractivity contribution in [3.05, 3.63) is 29.8 Å². The minimum absolute atomic E-state index is 0.0462. The van der Waals surface area contributed by atoms with E-state index in [1.54, 1.807) is 21.3 Å². The Kier molecular flexibility index (Phi) is 9.96. The molecule has 2 N–H and O–H groups in total. The van der Waals surface area contributed by atoms with Crippen molar-refractivity contribution >= 4 is 5.96 Å². The van der Waals surface area contributed by atoms with Gasteiger partial charge < -0.3 is 24.8 Å². The molecule has 0 spiro atoms. The zero-order valence-corrected chi connectivity index (χ0v) is 16.2. The maximum Gasteiger partial charge on any atom is 0.191 e. The number of methoxy groups -OCH3 is 2. The Labute approximate surface area is 152 Å². The molecule has 6 heteroatoms. The molecule has 0 radical (unpaired) electrons. The van der Waals surface area contributed by atoms with E-state index in [9.17, 15) is 0 Å². The van der Waals surface area contributed by atoms with Gasteiger partial charge in [-0.2, -0.15) is 0 Å². The average molecular weight is 351 g/mol. The van der Waals surface area contributed by atoms with Gasteiger partial charge in [0.1, 0.15) is 5.75 Å². The molecule has 0 aliphatic rings. The summed E-state index contributed by atoms with van der Waals surface area (Å²) in [4.78, 5) is 4.27. The second kappa shape index (κ2) is 11.7. The molecule has 0 amide bonds. The van der Waals surface area contributed by atoms with Gasteiger partial charge in [-0.15, -0.1) is 0 Å². The summed E-state index contributed by atoms with van der Waals surface area (Å²) >= 11 is 0. The lowest BCUT2D eigenvalue weighted by Gasteiger charge is -2.27. The van der Waals surface area contributed by atoms with Crippen molar-refractivity contribution < 1.29 is 14.2 Å². The number of hydrogen-bond donors (Lipinski definition) is 2. The molecule has 142 valence electrons. The minimum Gasteiger partial charge on any atom is -0.497 e. The van der Waals surface area contributed by atoms with E-state index in [4.69, 9.17) is 14.2 Å². The van der Waals surface area contributed by atoms with Crippen molar-refractivity contribution in [3.8, 4) is 5.75 Å². The number of hydrogen-bond acceptors (Lipinski definition) is 4. The summed E-state index contributed by atoms with van der Waals surface area (Å²) in [6.07, 6.45) is 0.920. The van der Waals surface area contributed by atoms with Crippen molar-refractivity contribution in [2.45, 2.75) is 25.7 Å². The summed E-state index contributed by atoms with van der Waals surface area (Å²) in [7, 11) is 5.14. The van der Waals surface area contributed by atoms with E-state index in [1.807, 2.05) is 12.1 Å². The van der Waals surface area contributed by atoms with Crippen molar-refractivity contribution in [3.63, 3.8) is 0 Å². The fraction of sp³-hybridized carbons (Fsp3) is 0.632. The summed E-state index contributed by atoms with van der Waals surface area (Å²) in [5.74, 6) is 1.68. The molecular weight excluding hydrogens is 318 g/mol. The highest BCUT2D eigenvalue weighted by molar-refractivity contribution is 5.79. The highest BCUT2D eigenvalue weighted by atomic mass is 16.5. The number of rotatable bonds is 11. The number of benzene rings is 1. The number of ether oxygens (including phenoxy) is 3. The molecular formula is C19H33N3O3. The average Bonchev–Trinajstić information content (AvgIpc) is 2.63. The molecule has 0 heterocycles. The Morgan fingerprint density at radius 1 is 1.12 bits per heavy atom. The molecule has 0 aliphatic carbocycles. The van der Waals surface area contributed by atoms with Crippen LogP contribution < -0.4 is 15.4 Å². The molecule has 0 aliphatic heterocycles. The maximum absolute atomic E-state index is 5.45. The molecule has 1 rings (SSSR count). The SMILES string of the molecule is CN=C(NCCCOCCOC)NCC(C)(C)c1cccc(OC)c1. The first-order valence-electron chi connectivity index (χ1n) is 8.69. The highest BCUT2D eigenvalue weighted by Gasteiger charge is 2.21. The Bertz CT molecular complexity index is 518. The van der Waals surface area contributed by atoms with E-state index in [-0.39, 0.29) is 5.41 Å². The summed E-state index contributed by atoms with van der Waals surface area (Å²) in [6.45, 7) is 7.96. The fourth-order valence-corrected chi connectivity index (χ4v) is 2.30. The van der Waals surface area contributed by atoms with Crippen LogP contribution in [0.15, 0.2) is 29.3 Å². The topological polar surface area (TPSA) is 64.1 Å². The van der Waals surface area contributed by atoms with Crippen LogP contribution in [-0.4, -0.2) is 60.1 Å². The van der Waals surface area contributed by atoms with E-state index in [0.29, 0.717) is 19.8 Å². The van der Waals surface area contributed by atoms with Gasteiger partial charge in [0.15, 0.2) is 5.96 Å². The molecule has 1 aromatic carbocycles. The highest BCUT2D eigenvalue weighted by Crippen LogP contribution is 2.25. The van der Waals surface area contributed by atoms with Gasteiger partial charge in [0.25, 0.3) is 0 Å². The van der Waals surface area contributed by atoms with E-state index >= 15 is 0 Å². The fourth-order valence-electron chi connectivity index (χ4n) is 2.30. The van der Waals surface area contributed by atoms with Crippen LogP contribution in [0.5, 0.6) is 5.75 Å². The lowest BCUT2D eigenvalue weighted by molar-refractivity contribution is 0.0698. The summed E-state index contributed by atoms with van der Waals surface area (Å²) in [6, 6.07) is 8.18. The van der Waals surface area contributed by atoms with Crippen molar-refractivity contribution in [1.29, 1.82) is 0 Å². The monoisotopic (exact) mass is 351 g/mol. The molecule has 0 aromatic heterocycles. The van der Waals surface area contributed by atoms with Gasteiger partial charge >= 0.3 is 0 Å². The summed E-state index contributed by atoms with van der Waals surface area (Å²) in [5.41, 5.74) is 1.18. The molecule has 25 heavy (non-hydrogen) atoms. The van der Waals surface area contributed by atoms with Gasteiger partial charge in [-0.1, -0.05) is 26.0 Å². The normalized spacial score (nSPS) is 12.1. The zero-order chi connectivity index (χ0) is 18.5. The summed E-state index contributed by atoms with van der Waals surface area (Å²) in [5, 5.41) is 6.70. The van der Waals surface area contributed by atoms with E-state index in [0.717, 1.165) is 31.2 Å². The van der Waals surface area contributed by atoms with Gasteiger partial charge in [0, 0.05) is 39.3 Å². The van der Waals surface area contributed by atoms with Crippen LogP contribution in [0.4, 0.5) is 0 Å². The van der Waals surface area contributed by atoms with Gasteiger partial charge in [0.05, 0.1) is 20.3 Å². The van der Waals surface area contributed by atoms with Crippen LogP contribution in [0, 0.1) is 0 Å². The zero-order valence-electron chi connectivity index (χ0n) is 16.2. The Balaban J connectivity index is 2.37. The molecule has 0 atom stereocenters. The lowest BCUT2D eigenvalue weighted by Crippen LogP contribution is -2.43. The Morgan fingerprint density at radius 2 is 1.92 bits per heavy atom. The first-order chi connectivity index (χ1) is 12.0. The molecule has 0 saturated carbocycles. The van der Waals surface area contributed by atoms with Crippen LogP contribution in [-0.2, 0) is 14.9 Å². The molecule has 0 bridgehead atoms. The number of nitrogens with zero attached hydrogens (tertiary/aromatic N) is 1. The summed E-state index contributed by atoms with van der Waals surface area (Å²) < 4.78 is 15.7. The van der Waals surface area contributed by atoms with Crippen molar-refractivity contribution in [1.82, 2.24) is 10.6 Å². The van der Waals surface area contributed by atoms with Gasteiger partial charge in [-0.3, -0.25) is 4.99 Å².